The van der Waals surface area contributed by atoms with E-state index in [0.717, 1.165) is 13.1 Å². The number of likely N-dealkylation sites (N-methyl/N-ethyl adjacent to an activating group) is 1. The number of piperazine rings is 1. The highest BCUT2D eigenvalue weighted by Crippen LogP contribution is 2.23. The Morgan fingerprint density at radius 1 is 1.48 bits per heavy atom. The van der Waals surface area contributed by atoms with E-state index < -0.39 is 0 Å². The van der Waals surface area contributed by atoms with Crippen LogP contribution in [0.15, 0.2) is 15.5 Å². The number of carbonyl (C=O) groups excluding carboxylic acids is 1. The van der Waals surface area contributed by atoms with E-state index in [1.54, 1.807) is 11.8 Å². The van der Waals surface area contributed by atoms with Crippen LogP contribution in [0.5, 0.6) is 0 Å². The van der Waals surface area contributed by atoms with Gasteiger partial charge in [-0.15, -0.1) is 0 Å². The number of rotatable bonds is 1. The van der Waals surface area contributed by atoms with Gasteiger partial charge in [-0.3, -0.25) is 9.59 Å². The van der Waals surface area contributed by atoms with Gasteiger partial charge >= 0.3 is 0 Å². The zero-order chi connectivity index (χ0) is 15.1. The van der Waals surface area contributed by atoms with E-state index in [0.29, 0.717) is 17.9 Å². The molecule has 1 aliphatic heterocycles. The zero-order valence-corrected chi connectivity index (χ0v) is 12.3. The average molecular weight is 290 g/mol. The minimum absolute atomic E-state index is 0.0938. The van der Waals surface area contributed by atoms with E-state index >= 15 is 0 Å². The highest BCUT2D eigenvalue weighted by molar-refractivity contribution is 6.06. The summed E-state index contributed by atoms with van der Waals surface area (Å²) in [7, 11) is 2.03. The van der Waals surface area contributed by atoms with Crippen molar-refractivity contribution in [1.82, 2.24) is 19.8 Å². The molecule has 3 heterocycles. The molecule has 0 aliphatic carbocycles. The van der Waals surface area contributed by atoms with E-state index in [2.05, 4.69) is 14.9 Å². The summed E-state index contributed by atoms with van der Waals surface area (Å²) < 4.78 is 5.46. The van der Waals surface area contributed by atoms with Crippen molar-refractivity contribution in [2.75, 3.05) is 26.7 Å². The first-order valence-corrected chi connectivity index (χ1v) is 6.95. The molecule has 0 spiro atoms. The summed E-state index contributed by atoms with van der Waals surface area (Å²) in [5.41, 5.74) is 0.194. The molecule has 0 bridgehead atoms. The molecule has 0 aromatic carbocycles. The SMILES string of the molecule is Cc1oc2nc[nH]c(=O)c2c1C(=O)N1CCN(C)C[C@H]1C. The Hall–Kier alpha value is -2.15. The second-order valence-corrected chi connectivity index (χ2v) is 5.55. The summed E-state index contributed by atoms with van der Waals surface area (Å²) in [6, 6.07) is 0.0938. The van der Waals surface area contributed by atoms with Crippen molar-refractivity contribution in [3.8, 4) is 0 Å². The lowest BCUT2D eigenvalue weighted by Crippen LogP contribution is -2.52. The van der Waals surface area contributed by atoms with Crippen LogP contribution in [0.25, 0.3) is 11.1 Å². The van der Waals surface area contributed by atoms with Crippen LogP contribution in [0.3, 0.4) is 0 Å². The highest BCUT2D eigenvalue weighted by atomic mass is 16.3. The molecule has 0 unspecified atom stereocenters. The maximum Gasteiger partial charge on any atom is 0.262 e. The van der Waals surface area contributed by atoms with Crippen LogP contribution < -0.4 is 5.56 Å². The third kappa shape index (κ3) is 2.23. The third-order valence-electron chi connectivity index (χ3n) is 3.98. The quantitative estimate of drug-likeness (QED) is 0.831. The predicted octanol–water partition coefficient (Wildman–Crippen LogP) is 0.601. The van der Waals surface area contributed by atoms with Crippen LogP contribution in [0.2, 0.25) is 0 Å². The van der Waals surface area contributed by atoms with E-state index in [1.807, 2.05) is 14.0 Å². The number of aryl methyl sites for hydroxylation is 1. The fourth-order valence-electron chi connectivity index (χ4n) is 2.90. The Labute approximate surface area is 121 Å². The van der Waals surface area contributed by atoms with Gasteiger partial charge in [-0.2, -0.15) is 0 Å². The van der Waals surface area contributed by atoms with Crippen LogP contribution in [0.1, 0.15) is 23.0 Å². The van der Waals surface area contributed by atoms with E-state index in [1.165, 1.54) is 6.33 Å². The van der Waals surface area contributed by atoms with Gasteiger partial charge in [0.15, 0.2) is 0 Å². The number of hydrogen-bond acceptors (Lipinski definition) is 5. The van der Waals surface area contributed by atoms with Gasteiger partial charge in [0.05, 0.1) is 11.9 Å². The van der Waals surface area contributed by atoms with Crippen molar-refractivity contribution >= 4 is 17.0 Å². The number of fused-ring (bicyclic) bond motifs is 1. The molecule has 112 valence electrons. The molecule has 0 saturated carbocycles. The number of aromatic nitrogens is 2. The molecule has 7 heteroatoms. The summed E-state index contributed by atoms with van der Waals surface area (Å²) in [5, 5.41) is 0.242. The molecular weight excluding hydrogens is 272 g/mol. The van der Waals surface area contributed by atoms with Gasteiger partial charge in [-0.25, -0.2) is 4.98 Å². The van der Waals surface area contributed by atoms with Gasteiger partial charge in [-0.1, -0.05) is 0 Å². The average Bonchev–Trinajstić information content (AvgIpc) is 2.75. The zero-order valence-electron chi connectivity index (χ0n) is 12.3. The molecule has 2 aromatic heterocycles. The van der Waals surface area contributed by atoms with Crippen LogP contribution in [-0.4, -0.2) is 58.4 Å². The number of carbonyl (C=O) groups is 1. The molecule has 1 N–H and O–H groups in total. The molecule has 2 aromatic rings. The Bertz CT molecular complexity index is 748. The molecule has 1 atom stereocenters. The molecule has 1 aliphatic rings. The summed E-state index contributed by atoms with van der Waals surface area (Å²) in [6.45, 7) is 5.97. The Kier molecular flexibility index (Phi) is 3.29. The number of nitrogens with zero attached hydrogens (tertiary/aromatic N) is 3. The van der Waals surface area contributed by atoms with Crippen molar-refractivity contribution < 1.29 is 9.21 Å². The van der Waals surface area contributed by atoms with E-state index in [4.69, 9.17) is 4.42 Å². The second kappa shape index (κ2) is 5.00. The lowest BCUT2D eigenvalue weighted by molar-refractivity contribution is 0.0533. The Balaban J connectivity index is 2.06. The third-order valence-corrected chi connectivity index (χ3v) is 3.98. The van der Waals surface area contributed by atoms with Crippen molar-refractivity contribution in [3.63, 3.8) is 0 Å². The topological polar surface area (TPSA) is 82.4 Å². The molecule has 21 heavy (non-hydrogen) atoms. The molecule has 7 nitrogen and oxygen atoms in total. The van der Waals surface area contributed by atoms with Gasteiger partial charge in [0, 0.05) is 25.7 Å². The summed E-state index contributed by atoms with van der Waals surface area (Å²) >= 11 is 0. The van der Waals surface area contributed by atoms with Gasteiger partial charge in [0.1, 0.15) is 11.1 Å². The van der Waals surface area contributed by atoms with Gasteiger partial charge in [-0.05, 0) is 20.9 Å². The highest BCUT2D eigenvalue weighted by Gasteiger charge is 2.31. The van der Waals surface area contributed by atoms with Crippen molar-refractivity contribution in [2.24, 2.45) is 0 Å². The normalized spacial score (nSPS) is 20.1. The smallest absolute Gasteiger partial charge is 0.262 e. The standard InChI is InChI=1S/C14H18N4O3/c1-8-6-17(3)4-5-18(8)14(20)10-9(2)21-13-11(10)12(19)15-7-16-13/h7-8H,4-6H2,1-3H3,(H,15,16,19)/t8-/m1/s1. The molecule has 0 radical (unpaired) electrons. The molecule has 3 rings (SSSR count). The number of hydrogen-bond donors (Lipinski definition) is 1. The van der Waals surface area contributed by atoms with Crippen LogP contribution in [0.4, 0.5) is 0 Å². The lowest BCUT2D eigenvalue weighted by atomic mass is 10.1. The first-order valence-electron chi connectivity index (χ1n) is 6.95. The summed E-state index contributed by atoms with van der Waals surface area (Å²) in [5.74, 6) is 0.274. The summed E-state index contributed by atoms with van der Waals surface area (Å²) in [6.07, 6.45) is 1.28. The minimum atomic E-state index is -0.345. The first kappa shape index (κ1) is 13.8. The number of furan rings is 1. The fourth-order valence-corrected chi connectivity index (χ4v) is 2.90. The molecular formula is C14H18N4O3. The number of amides is 1. The maximum absolute atomic E-state index is 12.8. The first-order chi connectivity index (χ1) is 9.99. The maximum atomic E-state index is 12.8. The van der Waals surface area contributed by atoms with Crippen molar-refractivity contribution in [3.05, 3.63) is 28.0 Å². The van der Waals surface area contributed by atoms with Crippen molar-refractivity contribution in [1.29, 1.82) is 0 Å². The van der Waals surface area contributed by atoms with Gasteiger partial charge < -0.3 is 19.2 Å². The van der Waals surface area contributed by atoms with Crippen LogP contribution in [0, 0.1) is 6.92 Å². The molecule has 1 fully saturated rings. The van der Waals surface area contributed by atoms with Gasteiger partial charge in [0.2, 0.25) is 5.71 Å². The Morgan fingerprint density at radius 2 is 2.24 bits per heavy atom. The Morgan fingerprint density at radius 3 is 2.95 bits per heavy atom. The van der Waals surface area contributed by atoms with E-state index in [9.17, 15) is 9.59 Å². The fraction of sp³-hybridized carbons (Fsp3) is 0.500. The van der Waals surface area contributed by atoms with E-state index in [-0.39, 0.29) is 28.6 Å². The molecule has 1 saturated heterocycles. The van der Waals surface area contributed by atoms with Crippen LogP contribution >= 0.6 is 0 Å². The largest absolute Gasteiger partial charge is 0.442 e. The number of aromatic amines is 1. The minimum Gasteiger partial charge on any atom is -0.442 e. The van der Waals surface area contributed by atoms with Crippen LogP contribution in [-0.2, 0) is 0 Å². The summed E-state index contributed by atoms with van der Waals surface area (Å²) in [4.78, 5) is 35.3. The predicted molar refractivity (Wildman–Crippen MR) is 77.4 cm³/mol. The number of H-pyrrole nitrogens is 1. The number of nitrogens with one attached hydrogen (secondary N) is 1. The second-order valence-electron chi connectivity index (χ2n) is 5.55. The lowest BCUT2D eigenvalue weighted by Gasteiger charge is -2.38. The molecule has 1 amide bonds. The van der Waals surface area contributed by atoms with Gasteiger partial charge in [0.25, 0.3) is 11.5 Å². The van der Waals surface area contributed by atoms with Crippen molar-refractivity contribution in [2.45, 2.75) is 19.9 Å². The monoisotopic (exact) mass is 290 g/mol.